The van der Waals surface area contributed by atoms with Gasteiger partial charge in [-0.1, -0.05) is 22.0 Å². The molecule has 0 bridgehead atoms. The molecule has 0 unspecified atom stereocenters. The Morgan fingerprint density at radius 1 is 1.47 bits per heavy atom. The van der Waals surface area contributed by atoms with Crippen molar-refractivity contribution in [3.05, 3.63) is 28.2 Å². The van der Waals surface area contributed by atoms with E-state index in [0.29, 0.717) is 12.3 Å². The number of aliphatic hydroxyl groups is 1. The van der Waals surface area contributed by atoms with Crippen LogP contribution < -0.4 is 10.6 Å². The maximum absolute atomic E-state index is 11.9. The molecule has 0 atom stereocenters. The first-order valence-corrected chi connectivity index (χ1v) is 6.65. The van der Waals surface area contributed by atoms with Crippen molar-refractivity contribution < 1.29 is 14.6 Å². The van der Waals surface area contributed by atoms with Crippen LogP contribution in [-0.2, 0) is 11.3 Å². The van der Waals surface area contributed by atoms with Crippen LogP contribution in [0.5, 0.6) is 0 Å². The number of nitrogens with one attached hydrogen (secondary N) is 2. The van der Waals surface area contributed by atoms with Crippen LogP contribution in [0.4, 0.5) is 10.5 Å². The van der Waals surface area contributed by atoms with Gasteiger partial charge in [0.2, 0.25) is 0 Å². The molecule has 0 aliphatic carbocycles. The zero-order valence-corrected chi connectivity index (χ0v) is 12.9. The van der Waals surface area contributed by atoms with Gasteiger partial charge in [-0.3, -0.25) is 0 Å². The number of carbonyl (C=O) groups excluding carboxylic acids is 1. The molecule has 106 valence electrons. The molecule has 0 radical (unpaired) electrons. The second-order valence-electron chi connectivity index (χ2n) is 4.82. The molecule has 0 heterocycles. The van der Waals surface area contributed by atoms with Gasteiger partial charge in [-0.2, -0.15) is 0 Å². The van der Waals surface area contributed by atoms with Gasteiger partial charge < -0.3 is 20.5 Å². The second kappa shape index (κ2) is 6.88. The maximum atomic E-state index is 11.9. The number of rotatable bonds is 5. The number of carbonyl (C=O) groups is 1. The third kappa shape index (κ3) is 4.81. The lowest BCUT2D eigenvalue weighted by Gasteiger charge is -2.24. The molecule has 0 spiro atoms. The quantitative estimate of drug-likeness (QED) is 0.776. The van der Waals surface area contributed by atoms with Crippen LogP contribution >= 0.6 is 15.9 Å². The number of benzene rings is 1. The van der Waals surface area contributed by atoms with Crippen molar-refractivity contribution in [2.24, 2.45) is 0 Å². The first-order valence-electron chi connectivity index (χ1n) is 5.86. The van der Waals surface area contributed by atoms with E-state index in [0.717, 1.165) is 10.0 Å². The van der Waals surface area contributed by atoms with Crippen LogP contribution in [0.1, 0.15) is 19.4 Å². The zero-order chi connectivity index (χ0) is 14.5. The zero-order valence-electron chi connectivity index (χ0n) is 11.3. The highest BCUT2D eigenvalue weighted by atomic mass is 79.9. The lowest BCUT2D eigenvalue weighted by molar-refractivity contribution is 0.184. The molecule has 0 aromatic heterocycles. The molecule has 5 nitrogen and oxygen atoms in total. The van der Waals surface area contributed by atoms with Gasteiger partial charge >= 0.3 is 6.03 Å². The summed E-state index contributed by atoms with van der Waals surface area (Å²) < 4.78 is 5.98. The Bertz CT molecular complexity index is 450. The molecular formula is C13H19BrN2O3. The highest BCUT2D eigenvalue weighted by molar-refractivity contribution is 9.10. The summed E-state index contributed by atoms with van der Waals surface area (Å²) in [5, 5.41) is 14.6. The Kier molecular flexibility index (Phi) is 5.78. The number of amides is 2. The van der Waals surface area contributed by atoms with Gasteiger partial charge in [0, 0.05) is 22.8 Å². The Labute approximate surface area is 121 Å². The molecule has 1 aromatic carbocycles. The summed E-state index contributed by atoms with van der Waals surface area (Å²) >= 11 is 3.42. The summed E-state index contributed by atoms with van der Waals surface area (Å²) in [5.41, 5.74) is 0.863. The Balaban J connectivity index is 2.82. The van der Waals surface area contributed by atoms with Crippen LogP contribution in [-0.4, -0.2) is 30.4 Å². The molecule has 0 saturated heterocycles. The van der Waals surface area contributed by atoms with E-state index >= 15 is 0 Å². The largest absolute Gasteiger partial charge is 0.394 e. The predicted octanol–water partition coefficient (Wildman–Crippen LogP) is 2.49. The summed E-state index contributed by atoms with van der Waals surface area (Å²) in [7, 11) is 1.60. The molecule has 0 fully saturated rings. The van der Waals surface area contributed by atoms with Crippen molar-refractivity contribution in [2.75, 3.05) is 19.0 Å². The molecule has 19 heavy (non-hydrogen) atoms. The van der Waals surface area contributed by atoms with Gasteiger partial charge in [-0.25, -0.2) is 4.79 Å². The fourth-order valence-corrected chi connectivity index (χ4v) is 1.95. The monoisotopic (exact) mass is 330 g/mol. The number of methoxy groups -OCH3 is 1. The first-order chi connectivity index (χ1) is 8.89. The summed E-state index contributed by atoms with van der Waals surface area (Å²) in [4.78, 5) is 11.9. The van der Waals surface area contributed by atoms with E-state index in [1.807, 2.05) is 12.1 Å². The van der Waals surface area contributed by atoms with Gasteiger partial charge in [0.15, 0.2) is 0 Å². The van der Waals surface area contributed by atoms with E-state index in [4.69, 9.17) is 9.84 Å². The van der Waals surface area contributed by atoms with E-state index in [-0.39, 0.29) is 12.6 Å². The van der Waals surface area contributed by atoms with Crippen LogP contribution in [0.15, 0.2) is 22.7 Å². The molecule has 1 aromatic rings. The highest BCUT2D eigenvalue weighted by Crippen LogP contribution is 2.25. The average molecular weight is 331 g/mol. The SMILES string of the molecule is COCc1c(Br)cccc1NC(=O)NC(C)(C)CO. The van der Waals surface area contributed by atoms with Crippen LogP contribution in [0.2, 0.25) is 0 Å². The number of ether oxygens (including phenoxy) is 1. The third-order valence-electron chi connectivity index (χ3n) is 2.50. The lowest BCUT2D eigenvalue weighted by atomic mass is 10.1. The highest BCUT2D eigenvalue weighted by Gasteiger charge is 2.19. The van der Waals surface area contributed by atoms with Gasteiger partial charge in [-0.15, -0.1) is 0 Å². The van der Waals surface area contributed by atoms with Crippen LogP contribution in [0.3, 0.4) is 0 Å². The van der Waals surface area contributed by atoms with Crippen molar-refractivity contribution in [1.29, 1.82) is 0 Å². The molecule has 2 amide bonds. The van der Waals surface area contributed by atoms with Crippen LogP contribution in [0, 0.1) is 0 Å². The molecule has 0 aliphatic rings. The number of hydrogen-bond donors (Lipinski definition) is 3. The van der Waals surface area contributed by atoms with Gasteiger partial charge in [0.25, 0.3) is 0 Å². The summed E-state index contributed by atoms with van der Waals surface area (Å²) in [6, 6.07) is 5.14. The number of halogens is 1. The standard InChI is InChI=1S/C13H19BrN2O3/c1-13(2,8-17)16-12(18)15-11-6-4-5-10(14)9(11)7-19-3/h4-6,17H,7-8H2,1-3H3,(H2,15,16,18). The van der Waals surface area contributed by atoms with E-state index in [9.17, 15) is 4.79 Å². The molecule has 3 N–H and O–H groups in total. The Morgan fingerprint density at radius 3 is 2.74 bits per heavy atom. The van der Waals surface area contributed by atoms with Crippen molar-refractivity contribution >= 4 is 27.6 Å². The molecule has 6 heteroatoms. The van der Waals surface area contributed by atoms with Gasteiger partial charge in [-0.05, 0) is 26.0 Å². The second-order valence-corrected chi connectivity index (χ2v) is 5.67. The number of aliphatic hydroxyl groups excluding tert-OH is 1. The van der Waals surface area contributed by atoms with Crippen molar-refractivity contribution in [3.8, 4) is 0 Å². The predicted molar refractivity (Wildman–Crippen MR) is 78.2 cm³/mol. The number of hydrogen-bond acceptors (Lipinski definition) is 3. The minimum absolute atomic E-state index is 0.135. The third-order valence-corrected chi connectivity index (χ3v) is 3.25. The Hall–Kier alpha value is -1.11. The average Bonchev–Trinajstić information content (AvgIpc) is 2.33. The van der Waals surface area contributed by atoms with Gasteiger partial charge in [0.05, 0.1) is 18.8 Å². The smallest absolute Gasteiger partial charge is 0.319 e. The fourth-order valence-electron chi connectivity index (χ4n) is 1.47. The van der Waals surface area contributed by atoms with Crippen molar-refractivity contribution in [1.82, 2.24) is 5.32 Å². The molecular weight excluding hydrogens is 312 g/mol. The molecule has 1 rings (SSSR count). The Morgan fingerprint density at radius 2 is 2.16 bits per heavy atom. The van der Waals surface area contributed by atoms with Gasteiger partial charge in [0.1, 0.15) is 0 Å². The van der Waals surface area contributed by atoms with Crippen molar-refractivity contribution in [2.45, 2.75) is 26.0 Å². The van der Waals surface area contributed by atoms with Crippen LogP contribution in [0.25, 0.3) is 0 Å². The lowest BCUT2D eigenvalue weighted by Crippen LogP contribution is -2.48. The number of anilines is 1. The van der Waals surface area contributed by atoms with Crippen molar-refractivity contribution in [3.63, 3.8) is 0 Å². The summed E-state index contributed by atoms with van der Waals surface area (Å²) in [5.74, 6) is 0. The van der Waals surface area contributed by atoms with E-state index in [2.05, 4.69) is 26.6 Å². The number of urea groups is 1. The minimum atomic E-state index is -0.669. The topological polar surface area (TPSA) is 70.6 Å². The normalized spacial score (nSPS) is 11.2. The van der Waals surface area contributed by atoms with E-state index in [1.165, 1.54) is 0 Å². The minimum Gasteiger partial charge on any atom is -0.394 e. The molecule has 0 saturated carbocycles. The summed E-state index contributed by atoms with van der Waals surface area (Å²) in [6.45, 7) is 3.73. The van der Waals surface area contributed by atoms with E-state index < -0.39 is 5.54 Å². The summed E-state index contributed by atoms with van der Waals surface area (Å²) in [6.07, 6.45) is 0. The molecule has 0 aliphatic heterocycles. The fraction of sp³-hybridized carbons (Fsp3) is 0.462. The first kappa shape index (κ1) is 15.9. The van der Waals surface area contributed by atoms with E-state index in [1.54, 1.807) is 27.0 Å². The maximum Gasteiger partial charge on any atom is 0.319 e.